The van der Waals surface area contributed by atoms with E-state index in [9.17, 15) is 4.79 Å². The van der Waals surface area contributed by atoms with Crippen molar-refractivity contribution in [1.82, 2.24) is 14.5 Å². The van der Waals surface area contributed by atoms with Crippen LogP contribution in [0.1, 0.15) is 39.9 Å². The van der Waals surface area contributed by atoms with Gasteiger partial charge in [-0.05, 0) is 74.4 Å². The fourth-order valence-electron chi connectivity index (χ4n) is 4.04. The van der Waals surface area contributed by atoms with Gasteiger partial charge in [-0.15, -0.1) is 0 Å². The van der Waals surface area contributed by atoms with Gasteiger partial charge in [-0.25, -0.2) is 4.98 Å². The molecule has 0 unspecified atom stereocenters. The molecule has 0 radical (unpaired) electrons. The van der Waals surface area contributed by atoms with Crippen molar-refractivity contribution in [3.05, 3.63) is 65.0 Å². The second-order valence-corrected chi connectivity index (χ2v) is 7.87. The highest BCUT2D eigenvalue weighted by Crippen LogP contribution is 2.24. The Bertz CT molecular complexity index is 980. The zero-order valence-corrected chi connectivity index (χ0v) is 16.4. The first-order valence-corrected chi connectivity index (χ1v) is 9.80. The van der Waals surface area contributed by atoms with Crippen molar-refractivity contribution in [2.24, 2.45) is 5.92 Å². The van der Waals surface area contributed by atoms with Gasteiger partial charge in [0.05, 0.1) is 17.4 Å². The predicted molar refractivity (Wildman–Crippen MR) is 109 cm³/mol. The summed E-state index contributed by atoms with van der Waals surface area (Å²) in [6.45, 7) is 8.95. The van der Waals surface area contributed by atoms with Crippen molar-refractivity contribution in [2.75, 3.05) is 13.1 Å². The molecule has 1 fully saturated rings. The molecule has 4 heteroatoms. The minimum atomic E-state index is 0.172. The van der Waals surface area contributed by atoms with Gasteiger partial charge in [-0.3, -0.25) is 4.79 Å². The first kappa shape index (κ1) is 17.8. The Morgan fingerprint density at radius 1 is 1.04 bits per heavy atom. The molecule has 3 aromatic rings. The molecule has 0 spiro atoms. The highest BCUT2D eigenvalue weighted by Gasteiger charge is 2.25. The predicted octanol–water partition coefficient (Wildman–Crippen LogP) is 4.51. The lowest BCUT2D eigenvalue weighted by Gasteiger charge is -2.32. The number of rotatable bonds is 3. The van der Waals surface area contributed by atoms with Gasteiger partial charge >= 0.3 is 0 Å². The summed E-state index contributed by atoms with van der Waals surface area (Å²) in [6, 6.07) is 12.3. The number of amides is 1. The molecule has 2 heterocycles. The molecule has 0 aliphatic carbocycles. The van der Waals surface area contributed by atoms with E-state index in [1.54, 1.807) is 0 Å². The summed E-state index contributed by atoms with van der Waals surface area (Å²) in [7, 11) is 0. The molecule has 1 aliphatic heterocycles. The van der Waals surface area contributed by atoms with Gasteiger partial charge in [0, 0.05) is 25.2 Å². The van der Waals surface area contributed by atoms with E-state index in [2.05, 4.69) is 35.5 Å². The van der Waals surface area contributed by atoms with E-state index in [1.807, 2.05) is 42.4 Å². The maximum absolute atomic E-state index is 12.8. The largest absolute Gasteiger partial charge is 0.339 e. The third-order valence-corrected chi connectivity index (χ3v) is 5.97. The normalized spacial score (nSPS) is 15.4. The van der Waals surface area contributed by atoms with Crippen molar-refractivity contribution in [2.45, 2.75) is 40.2 Å². The third-order valence-electron chi connectivity index (χ3n) is 5.97. The Morgan fingerprint density at radius 2 is 1.74 bits per heavy atom. The number of fused-ring (bicyclic) bond motifs is 1. The smallest absolute Gasteiger partial charge is 0.254 e. The van der Waals surface area contributed by atoms with Crippen molar-refractivity contribution in [3.8, 4) is 0 Å². The number of benzene rings is 2. The van der Waals surface area contributed by atoms with Crippen LogP contribution in [-0.4, -0.2) is 33.4 Å². The summed E-state index contributed by atoms with van der Waals surface area (Å²) in [4.78, 5) is 19.4. The molecular weight excluding hydrogens is 334 g/mol. The Labute approximate surface area is 160 Å². The molecule has 1 aliphatic rings. The molecule has 0 N–H and O–H groups in total. The Balaban J connectivity index is 1.42. The van der Waals surface area contributed by atoms with E-state index in [-0.39, 0.29) is 5.91 Å². The Kier molecular flexibility index (Phi) is 4.73. The zero-order chi connectivity index (χ0) is 19.0. The van der Waals surface area contributed by atoms with Crippen LogP contribution >= 0.6 is 0 Å². The molecule has 4 nitrogen and oxygen atoms in total. The van der Waals surface area contributed by atoms with Crippen LogP contribution in [0.15, 0.2) is 42.7 Å². The van der Waals surface area contributed by atoms with Gasteiger partial charge < -0.3 is 9.47 Å². The molecule has 0 saturated carbocycles. The van der Waals surface area contributed by atoms with E-state index in [1.165, 1.54) is 16.6 Å². The quantitative estimate of drug-likeness (QED) is 0.688. The number of carbonyl (C=O) groups excluding carboxylic acids is 1. The first-order valence-electron chi connectivity index (χ1n) is 9.80. The highest BCUT2D eigenvalue weighted by atomic mass is 16.2. The lowest BCUT2D eigenvalue weighted by molar-refractivity contribution is 0.0682. The number of aromatic nitrogens is 2. The van der Waals surface area contributed by atoms with Crippen molar-refractivity contribution in [1.29, 1.82) is 0 Å². The molecule has 4 rings (SSSR count). The summed E-state index contributed by atoms with van der Waals surface area (Å²) in [5.41, 5.74) is 6.78. The standard InChI is InChI=1S/C23H27N3O/c1-16-6-4-5-7-20(16)23(27)25-10-8-19(9-11-25)14-26-15-24-21-12-17(2)18(3)13-22(21)26/h4-7,12-13,15,19H,8-11,14H2,1-3H3. The SMILES string of the molecule is Cc1cc2ncn(CC3CCN(C(=O)c4ccccc4C)CC3)c2cc1C. The summed E-state index contributed by atoms with van der Waals surface area (Å²) in [5, 5.41) is 0. The molecule has 1 amide bonds. The number of imidazole rings is 1. The lowest BCUT2D eigenvalue weighted by Crippen LogP contribution is -2.39. The van der Waals surface area contributed by atoms with Gasteiger partial charge in [0.1, 0.15) is 0 Å². The summed E-state index contributed by atoms with van der Waals surface area (Å²) in [6.07, 6.45) is 4.05. The zero-order valence-electron chi connectivity index (χ0n) is 16.4. The van der Waals surface area contributed by atoms with E-state index < -0.39 is 0 Å². The maximum Gasteiger partial charge on any atom is 0.254 e. The van der Waals surface area contributed by atoms with Crippen molar-refractivity contribution < 1.29 is 4.79 Å². The molecule has 0 atom stereocenters. The number of aryl methyl sites for hydroxylation is 3. The Morgan fingerprint density at radius 3 is 2.48 bits per heavy atom. The van der Waals surface area contributed by atoms with E-state index in [0.717, 1.165) is 49.1 Å². The average Bonchev–Trinajstić information content (AvgIpc) is 3.04. The molecule has 27 heavy (non-hydrogen) atoms. The first-order chi connectivity index (χ1) is 13.0. The fourth-order valence-corrected chi connectivity index (χ4v) is 4.04. The summed E-state index contributed by atoms with van der Waals surface area (Å²) < 4.78 is 2.28. The number of piperidine rings is 1. The van der Waals surface area contributed by atoms with Crippen LogP contribution in [0.2, 0.25) is 0 Å². The highest BCUT2D eigenvalue weighted by molar-refractivity contribution is 5.95. The second kappa shape index (κ2) is 7.18. The van der Waals surface area contributed by atoms with E-state index in [4.69, 9.17) is 0 Å². The Hall–Kier alpha value is -2.62. The van der Waals surface area contributed by atoms with Crippen molar-refractivity contribution >= 4 is 16.9 Å². The third kappa shape index (κ3) is 3.48. The van der Waals surface area contributed by atoms with Crippen LogP contribution in [0.5, 0.6) is 0 Å². The number of nitrogens with zero attached hydrogens (tertiary/aromatic N) is 3. The van der Waals surface area contributed by atoms with E-state index in [0.29, 0.717) is 5.92 Å². The van der Waals surface area contributed by atoms with Crippen LogP contribution in [0.3, 0.4) is 0 Å². The van der Waals surface area contributed by atoms with Crippen molar-refractivity contribution in [3.63, 3.8) is 0 Å². The fraction of sp³-hybridized carbons (Fsp3) is 0.391. The molecular formula is C23H27N3O. The maximum atomic E-state index is 12.8. The molecule has 0 bridgehead atoms. The van der Waals surface area contributed by atoms with Crippen LogP contribution in [0.4, 0.5) is 0 Å². The second-order valence-electron chi connectivity index (χ2n) is 7.87. The number of hydrogen-bond acceptors (Lipinski definition) is 2. The molecule has 140 valence electrons. The van der Waals surface area contributed by atoms with Crippen LogP contribution in [0, 0.1) is 26.7 Å². The molecule has 1 aromatic heterocycles. The van der Waals surface area contributed by atoms with Gasteiger partial charge in [-0.2, -0.15) is 0 Å². The number of carbonyl (C=O) groups is 1. The lowest BCUT2D eigenvalue weighted by atomic mass is 9.95. The van der Waals surface area contributed by atoms with Crippen LogP contribution in [-0.2, 0) is 6.54 Å². The van der Waals surface area contributed by atoms with Gasteiger partial charge in [0.25, 0.3) is 5.91 Å². The number of likely N-dealkylation sites (tertiary alicyclic amines) is 1. The average molecular weight is 361 g/mol. The topological polar surface area (TPSA) is 38.1 Å². The minimum absolute atomic E-state index is 0.172. The summed E-state index contributed by atoms with van der Waals surface area (Å²) >= 11 is 0. The number of hydrogen-bond donors (Lipinski definition) is 0. The van der Waals surface area contributed by atoms with Gasteiger partial charge in [-0.1, -0.05) is 18.2 Å². The van der Waals surface area contributed by atoms with Crippen LogP contribution in [0.25, 0.3) is 11.0 Å². The van der Waals surface area contributed by atoms with Gasteiger partial charge in [0.2, 0.25) is 0 Å². The molecule has 2 aromatic carbocycles. The summed E-state index contributed by atoms with van der Waals surface area (Å²) in [5.74, 6) is 0.760. The molecule has 1 saturated heterocycles. The van der Waals surface area contributed by atoms with Crippen LogP contribution < -0.4 is 0 Å². The van der Waals surface area contributed by atoms with E-state index >= 15 is 0 Å². The van der Waals surface area contributed by atoms with Gasteiger partial charge in [0.15, 0.2) is 0 Å². The monoisotopic (exact) mass is 361 g/mol. The minimum Gasteiger partial charge on any atom is -0.339 e.